The number of benzene rings is 10. The van der Waals surface area contributed by atoms with Crippen LogP contribution in [0.15, 0.2) is 237 Å². The van der Waals surface area contributed by atoms with Crippen LogP contribution >= 0.6 is 34.0 Å². The maximum atomic E-state index is 4.95. The summed E-state index contributed by atoms with van der Waals surface area (Å²) in [5, 5.41) is 16.1. The van der Waals surface area contributed by atoms with Crippen molar-refractivity contribution in [3.63, 3.8) is 0 Å². The highest BCUT2D eigenvalue weighted by atomic mass is 32.1. The molecule has 82 heavy (non-hydrogen) atoms. The fraction of sp³-hybridized carbons (Fsp3) is 0. The second-order valence-corrected chi connectivity index (χ2v) is 24.5. The van der Waals surface area contributed by atoms with Gasteiger partial charge < -0.3 is 9.13 Å². The Morgan fingerprint density at radius 3 is 1.54 bits per heavy atom. The van der Waals surface area contributed by atoms with Crippen molar-refractivity contribution < 1.29 is 0 Å². The molecule has 0 aliphatic heterocycles. The van der Waals surface area contributed by atoms with Crippen LogP contribution in [-0.2, 0) is 0 Å². The van der Waals surface area contributed by atoms with E-state index in [2.05, 4.69) is 224 Å². The highest BCUT2D eigenvalue weighted by Gasteiger charge is 2.23. The number of fused-ring (bicyclic) bond motifs is 22. The van der Waals surface area contributed by atoms with Crippen molar-refractivity contribution in [3.8, 4) is 39.4 Å². The summed E-state index contributed by atoms with van der Waals surface area (Å²) in [5.41, 5.74) is 14.9. The van der Waals surface area contributed by atoms with Gasteiger partial charge in [-0.2, -0.15) is 0 Å². The topological polar surface area (TPSA) is 66.3 Å². The van der Waals surface area contributed by atoms with Gasteiger partial charge in [-0.05, 0) is 101 Å². The fourth-order valence-corrected chi connectivity index (χ4v) is 17.3. The Morgan fingerprint density at radius 1 is 0.293 bits per heavy atom. The molecular formula is C72H39N7S3. The SMILES string of the molecule is c1ccc2c(c1)sc1c2ccc2c3ccccc3n(-c3ccnc4ccc(-c5ccc6c(c5)sc5c6ccc6c7ccc(-c8ccc9sc%10c(ccc%11c%12ccccc%12n(-c%12ccncc%12)c%11%10)c9c8)cc7n(-c7ccncn7)c65)cc34)c21. The lowest BCUT2D eigenvalue weighted by molar-refractivity contribution is 1.04. The van der Waals surface area contributed by atoms with Gasteiger partial charge in [0, 0.05) is 115 Å². The molecule has 0 aliphatic rings. The summed E-state index contributed by atoms with van der Waals surface area (Å²) in [6.45, 7) is 0. The van der Waals surface area contributed by atoms with Gasteiger partial charge >= 0.3 is 0 Å². The van der Waals surface area contributed by atoms with E-state index in [0.29, 0.717) is 0 Å². The highest BCUT2D eigenvalue weighted by Crippen LogP contribution is 2.48. The number of hydrogen-bond acceptors (Lipinski definition) is 7. The van der Waals surface area contributed by atoms with Gasteiger partial charge in [-0.25, -0.2) is 9.97 Å². The number of aromatic nitrogens is 7. The number of thiophene rings is 3. The largest absolute Gasteiger partial charge is 0.308 e. The number of hydrogen-bond donors (Lipinski definition) is 0. The molecule has 9 aromatic heterocycles. The first-order valence-corrected chi connectivity index (χ1v) is 29.8. The van der Waals surface area contributed by atoms with Crippen molar-refractivity contribution >= 4 is 171 Å². The second kappa shape index (κ2) is 16.7. The zero-order chi connectivity index (χ0) is 53.3. The van der Waals surface area contributed by atoms with E-state index in [4.69, 9.17) is 9.97 Å². The average Bonchev–Trinajstić information content (AvgIpc) is 2.32. The average molecular weight is 1100 g/mol. The zero-order valence-electron chi connectivity index (χ0n) is 43.4. The molecule has 0 aliphatic carbocycles. The predicted octanol–water partition coefficient (Wildman–Crippen LogP) is 20.1. The first-order valence-electron chi connectivity index (χ1n) is 27.4. The molecule has 10 aromatic carbocycles. The van der Waals surface area contributed by atoms with Gasteiger partial charge in [-0.15, -0.1) is 34.0 Å². The summed E-state index contributed by atoms with van der Waals surface area (Å²) in [4.78, 5) is 18.6. The number of rotatable bonds is 5. The van der Waals surface area contributed by atoms with Crippen molar-refractivity contribution in [2.24, 2.45) is 0 Å². The molecule has 0 saturated heterocycles. The van der Waals surface area contributed by atoms with E-state index in [1.807, 2.05) is 64.9 Å². The Morgan fingerprint density at radius 2 is 0.805 bits per heavy atom. The maximum Gasteiger partial charge on any atom is 0.141 e. The quantitative estimate of drug-likeness (QED) is 0.172. The minimum Gasteiger partial charge on any atom is -0.308 e. The van der Waals surface area contributed by atoms with Crippen molar-refractivity contribution in [2.45, 2.75) is 0 Å². The Labute approximate surface area is 478 Å². The molecular weight excluding hydrogens is 1060 g/mol. The molecule has 0 amide bonds. The number of nitrogens with zero attached hydrogens (tertiary/aromatic N) is 7. The van der Waals surface area contributed by atoms with E-state index in [9.17, 15) is 0 Å². The van der Waals surface area contributed by atoms with E-state index in [0.717, 1.165) is 55.8 Å². The molecule has 0 radical (unpaired) electrons. The molecule has 0 N–H and O–H groups in total. The molecule has 19 aromatic rings. The molecule has 0 fully saturated rings. The molecule has 10 heteroatoms. The van der Waals surface area contributed by atoms with Crippen LogP contribution in [0.5, 0.6) is 0 Å². The van der Waals surface area contributed by atoms with Crippen LogP contribution < -0.4 is 0 Å². The van der Waals surface area contributed by atoms with Crippen LogP contribution in [0.2, 0.25) is 0 Å². The smallest absolute Gasteiger partial charge is 0.141 e. The van der Waals surface area contributed by atoms with E-state index in [-0.39, 0.29) is 0 Å². The van der Waals surface area contributed by atoms with Gasteiger partial charge in [-0.1, -0.05) is 127 Å². The van der Waals surface area contributed by atoms with Crippen LogP contribution in [0.1, 0.15) is 0 Å². The first-order chi connectivity index (χ1) is 40.7. The standard InChI is InChI=1S/C72H39N7S3/c1-4-10-59-45(7-1)50-21-24-55-56-35-41(16-26-64(56)81-72(55)67(50)77(59)44-27-31-73-32-28-44)42-13-17-47-52-20-23-54-49-18-14-43(38-65(49)82-71(54)69(52)79(62(47)37-42)66-30-33-74-39-76-66)40-15-25-58-57(36-40)61(29-34-75-58)78-60-11-5-2-8-46(60)51-19-22-53-48-9-3-6-12-63(48)80-70(53)68(51)78/h1-39H. The van der Waals surface area contributed by atoms with E-state index >= 15 is 0 Å². The Kier molecular flexibility index (Phi) is 9.12. The summed E-state index contributed by atoms with van der Waals surface area (Å²) < 4.78 is 14.9. The third kappa shape index (κ3) is 6.17. The molecule has 7 nitrogen and oxygen atoms in total. The third-order valence-corrected chi connectivity index (χ3v) is 20.7. The first kappa shape index (κ1) is 44.7. The van der Waals surface area contributed by atoms with Crippen LogP contribution in [0.3, 0.4) is 0 Å². The minimum absolute atomic E-state index is 0.836. The Bertz CT molecular complexity index is 5960. The molecule has 0 bridgehead atoms. The summed E-state index contributed by atoms with van der Waals surface area (Å²) in [5.74, 6) is 0.836. The molecule has 0 saturated carbocycles. The summed E-state index contributed by atoms with van der Waals surface area (Å²) in [7, 11) is 0. The van der Waals surface area contributed by atoms with Crippen LogP contribution in [0, 0.1) is 0 Å². The Hall–Kier alpha value is -10.1. The molecule has 0 unspecified atom stereocenters. The lowest BCUT2D eigenvalue weighted by Gasteiger charge is -2.13. The van der Waals surface area contributed by atoms with E-state index in [1.165, 1.54) is 120 Å². The van der Waals surface area contributed by atoms with Crippen LogP contribution in [0.4, 0.5) is 0 Å². The monoisotopic (exact) mass is 1100 g/mol. The van der Waals surface area contributed by atoms with Gasteiger partial charge in [0.2, 0.25) is 0 Å². The summed E-state index contributed by atoms with van der Waals surface area (Å²) in [6.07, 6.45) is 9.22. The third-order valence-electron chi connectivity index (χ3n) is 17.2. The summed E-state index contributed by atoms with van der Waals surface area (Å²) in [6, 6.07) is 76.4. The van der Waals surface area contributed by atoms with Crippen LogP contribution in [-0.4, -0.2) is 33.6 Å². The van der Waals surface area contributed by atoms with E-state index in [1.54, 1.807) is 6.33 Å². The van der Waals surface area contributed by atoms with E-state index < -0.39 is 0 Å². The summed E-state index contributed by atoms with van der Waals surface area (Å²) >= 11 is 5.61. The van der Waals surface area contributed by atoms with Gasteiger partial charge in [0.1, 0.15) is 12.1 Å². The molecule has 9 heterocycles. The molecule has 19 rings (SSSR count). The van der Waals surface area contributed by atoms with Gasteiger partial charge in [0.15, 0.2) is 0 Å². The lowest BCUT2D eigenvalue weighted by Crippen LogP contribution is -1.97. The minimum atomic E-state index is 0.836. The van der Waals surface area contributed by atoms with Gasteiger partial charge in [-0.3, -0.25) is 14.5 Å². The van der Waals surface area contributed by atoms with Crippen molar-refractivity contribution in [3.05, 3.63) is 237 Å². The van der Waals surface area contributed by atoms with Gasteiger partial charge in [0.05, 0.1) is 58.4 Å². The van der Waals surface area contributed by atoms with Crippen molar-refractivity contribution in [1.29, 1.82) is 0 Å². The Balaban J connectivity index is 0.764. The predicted molar refractivity (Wildman–Crippen MR) is 348 cm³/mol. The maximum absolute atomic E-state index is 4.95. The molecule has 0 spiro atoms. The zero-order valence-corrected chi connectivity index (χ0v) is 45.8. The van der Waals surface area contributed by atoms with Crippen molar-refractivity contribution in [1.82, 2.24) is 33.6 Å². The van der Waals surface area contributed by atoms with Crippen molar-refractivity contribution in [2.75, 3.05) is 0 Å². The number of para-hydroxylation sites is 2. The molecule has 380 valence electrons. The normalized spacial score (nSPS) is 12.4. The second-order valence-electron chi connectivity index (χ2n) is 21.3. The fourth-order valence-electron chi connectivity index (χ4n) is 13.6. The number of pyridine rings is 2. The molecule has 0 atom stereocenters. The van der Waals surface area contributed by atoms with Crippen LogP contribution in [0.25, 0.3) is 176 Å². The van der Waals surface area contributed by atoms with Gasteiger partial charge in [0.25, 0.3) is 0 Å². The lowest BCUT2D eigenvalue weighted by atomic mass is 10.00. The highest BCUT2D eigenvalue weighted by molar-refractivity contribution is 7.27.